The Morgan fingerprint density at radius 1 is 0.714 bits per heavy atom. The molecule has 0 radical (unpaired) electrons. The van der Waals surface area contributed by atoms with E-state index in [9.17, 15) is 4.79 Å². The zero-order valence-corrected chi connectivity index (χ0v) is 20.1. The third-order valence-electron chi connectivity index (χ3n) is 5.78. The molecule has 0 spiro atoms. The van der Waals surface area contributed by atoms with Gasteiger partial charge in [-0.1, -0.05) is 118 Å². The van der Waals surface area contributed by atoms with Crippen LogP contribution < -0.4 is 0 Å². The second-order valence-electron chi connectivity index (χ2n) is 10.0. The van der Waals surface area contributed by atoms with Crippen molar-refractivity contribution in [2.45, 2.75) is 144 Å². The van der Waals surface area contributed by atoms with E-state index in [0.29, 0.717) is 18.4 Å². The first-order chi connectivity index (χ1) is 13.4. The third-order valence-corrected chi connectivity index (χ3v) is 5.78. The van der Waals surface area contributed by atoms with Gasteiger partial charge in [-0.05, 0) is 30.6 Å². The molecule has 0 unspecified atom stereocenters. The van der Waals surface area contributed by atoms with Crippen LogP contribution in [0.4, 0.5) is 0 Å². The van der Waals surface area contributed by atoms with Gasteiger partial charge in [0.25, 0.3) is 0 Å². The Kier molecular flexibility index (Phi) is 18.1. The second kappa shape index (κ2) is 18.5. The molecule has 2 heteroatoms. The van der Waals surface area contributed by atoms with Crippen molar-refractivity contribution in [3.05, 3.63) is 0 Å². The van der Waals surface area contributed by atoms with Crippen LogP contribution >= 0.6 is 0 Å². The van der Waals surface area contributed by atoms with Gasteiger partial charge in [0.1, 0.15) is 0 Å². The fraction of sp³-hybridized carbons (Fsp3) is 0.962. The average Bonchev–Trinajstić information content (AvgIpc) is 2.63. The van der Waals surface area contributed by atoms with Crippen LogP contribution in [0.2, 0.25) is 0 Å². The van der Waals surface area contributed by atoms with Gasteiger partial charge in [0.05, 0.1) is 6.61 Å². The normalized spacial score (nSPS) is 11.9. The minimum absolute atomic E-state index is 0.0219. The predicted molar refractivity (Wildman–Crippen MR) is 124 cm³/mol. The summed E-state index contributed by atoms with van der Waals surface area (Å²) in [5.41, 5.74) is 0.467. The predicted octanol–water partition coefficient (Wildman–Crippen LogP) is 8.86. The Hall–Kier alpha value is -0.530. The van der Waals surface area contributed by atoms with E-state index in [4.69, 9.17) is 4.74 Å². The lowest BCUT2D eigenvalue weighted by Crippen LogP contribution is -2.10. The lowest BCUT2D eigenvalue weighted by molar-refractivity contribution is -0.144. The van der Waals surface area contributed by atoms with E-state index in [1.807, 2.05) is 0 Å². The van der Waals surface area contributed by atoms with Gasteiger partial charge in [-0.25, -0.2) is 0 Å². The number of esters is 1. The van der Waals surface area contributed by atoms with E-state index in [1.165, 1.54) is 89.9 Å². The van der Waals surface area contributed by atoms with Crippen molar-refractivity contribution >= 4 is 5.97 Å². The highest BCUT2D eigenvalue weighted by molar-refractivity contribution is 5.69. The molecule has 0 bridgehead atoms. The van der Waals surface area contributed by atoms with Gasteiger partial charge in [-0.2, -0.15) is 0 Å². The fourth-order valence-electron chi connectivity index (χ4n) is 3.84. The number of ether oxygens (including phenoxy) is 1. The summed E-state index contributed by atoms with van der Waals surface area (Å²) in [6.45, 7) is 12.1. The number of hydrogen-bond donors (Lipinski definition) is 0. The SMILES string of the molecule is CCCCCC(CCCCC)CCOC(=O)CCCCCCCCC(C)(C)C. The maximum Gasteiger partial charge on any atom is 0.305 e. The number of hydrogen-bond acceptors (Lipinski definition) is 2. The van der Waals surface area contributed by atoms with Crippen LogP contribution in [-0.2, 0) is 9.53 Å². The summed E-state index contributed by atoms with van der Waals surface area (Å²) < 4.78 is 5.53. The van der Waals surface area contributed by atoms with Gasteiger partial charge in [0.15, 0.2) is 0 Å². The van der Waals surface area contributed by atoms with E-state index >= 15 is 0 Å². The van der Waals surface area contributed by atoms with Crippen LogP contribution in [0.25, 0.3) is 0 Å². The minimum atomic E-state index is 0.0219. The summed E-state index contributed by atoms with van der Waals surface area (Å²) in [7, 11) is 0. The summed E-state index contributed by atoms with van der Waals surface area (Å²) in [5, 5.41) is 0. The van der Waals surface area contributed by atoms with Crippen LogP contribution in [0.3, 0.4) is 0 Å². The molecule has 0 amide bonds. The van der Waals surface area contributed by atoms with Gasteiger partial charge in [-0.3, -0.25) is 4.79 Å². The van der Waals surface area contributed by atoms with E-state index in [1.54, 1.807) is 0 Å². The topological polar surface area (TPSA) is 26.3 Å². The molecule has 0 atom stereocenters. The zero-order chi connectivity index (χ0) is 21.1. The molecule has 0 aliphatic heterocycles. The molecular weight excluding hydrogens is 344 g/mol. The van der Waals surface area contributed by atoms with Crippen molar-refractivity contribution in [1.29, 1.82) is 0 Å². The summed E-state index contributed by atoms with van der Waals surface area (Å²) in [6.07, 6.45) is 20.9. The van der Waals surface area contributed by atoms with Crippen molar-refractivity contribution in [1.82, 2.24) is 0 Å². The lowest BCUT2D eigenvalue weighted by Gasteiger charge is -2.17. The third kappa shape index (κ3) is 20.2. The Bertz CT molecular complexity index is 333. The van der Waals surface area contributed by atoms with Gasteiger partial charge >= 0.3 is 5.97 Å². The quantitative estimate of drug-likeness (QED) is 0.161. The molecule has 28 heavy (non-hydrogen) atoms. The highest BCUT2D eigenvalue weighted by atomic mass is 16.5. The number of unbranched alkanes of at least 4 members (excludes halogenated alkanes) is 9. The number of carbonyl (C=O) groups is 1. The molecule has 0 aliphatic rings. The van der Waals surface area contributed by atoms with Gasteiger partial charge in [0, 0.05) is 6.42 Å². The minimum Gasteiger partial charge on any atom is -0.466 e. The standard InChI is InChI=1S/C26H52O2/c1-6-8-14-18-24(19-15-9-7-2)21-23-28-25(27)20-16-12-10-11-13-17-22-26(3,4)5/h24H,6-23H2,1-5H3. The lowest BCUT2D eigenvalue weighted by atomic mass is 9.89. The van der Waals surface area contributed by atoms with Crippen LogP contribution in [0.1, 0.15) is 144 Å². The van der Waals surface area contributed by atoms with Crippen LogP contribution in [0.15, 0.2) is 0 Å². The van der Waals surface area contributed by atoms with Crippen LogP contribution in [0.5, 0.6) is 0 Å². The van der Waals surface area contributed by atoms with Crippen LogP contribution in [-0.4, -0.2) is 12.6 Å². The summed E-state index contributed by atoms with van der Waals surface area (Å²) in [6, 6.07) is 0. The molecule has 168 valence electrons. The summed E-state index contributed by atoms with van der Waals surface area (Å²) in [4.78, 5) is 12.0. The zero-order valence-electron chi connectivity index (χ0n) is 20.1. The van der Waals surface area contributed by atoms with E-state index < -0.39 is 0 Å². The summed E-state index contributed by atoms with van der Waals surface area (Å²) >= 11 is 0. The molecule has 0 saturated heterocycles. The molecule has 0 aromatic heterocycles. The van der Waals surface area contributed by atoms with Crippen molar-refractivity contribution < 1.29 is 9.53 Å². The van der Waals surface area contributed by atoms with Crippen molar-refractivity contribution in [3.8, 4) is 0 Å². The Morgan fingerprint density at radius 3 is 1.79 bits per heavy atom. The van der Waals surface area contributed by atoms with Gasteiger partial charge < -0.3 is 4.74 Å². The molecule has 0 heterocycles. The van der Waals surface area contributed by atoms with Crippen molar-refractivity contribution in [2.24, 2.45) is 11.3 Å². The first-order valence-electron chi connectivity index (χ1n) is 12.5. The maximum absolute atomic E-state index is 12.0. The molecule has 0 rings (SSSR count). The van der Waals surface area contributed by atoms with Crippen LogP contribution in [0, 0.1) is 11.3 Å². The largest absolute Gasteiger partial charge is 0.466 e. The highest BCUT2D eigenvalue weighted by Gasteiger charge is 2.11. The molecule has 0 saturated carbocycles. The van der Waals surface area contributed by atoms with Gasteiger partial charge in [0.2, 0.25) is 0 Å². The Labute approximate surface area is 177 Å². The molecule has 0 fully saturated rings. The number of rotatable bonds is 19. The molecular formula is C26H52O2. The highest BCUT2D eigenvalue weighted by Crippen LogP contribution is 2.23. The first kappa shape index (κ1) is 27.5. The van der Waals surface area contributed by atoms with E-state index in [2.05, 4.69) is 34.6 Å². The Balaban J connectivity index is 3.67. The van der Waals surface area contributed by atoms with Crippen molar-refractivity contribution in [2.75, 3.05) is 6.61 Å². The molecule has 0 N–H and O–H groups in total. The molecule has 0 aromatic carbocycles. The second-order valence-corrected chi connectivity index (χ2v) is 10.0. The fourth-order valence-corrected chi connectivity index (χ4v) is 3.84. The molecule has 0 aliphatic carbocycles. The van der Waals surface area contributed by atoms with Gasteiger partial charge in [-0.15, -0.1) is 0 Å². The first-order valence-corrected chi connectivity index (χ1v) is 12.5. The smallest absolute Gasteiger partial charge is 0.305 e. The summed E-state index contributed by atoms with van der Waals surface area (Å²) in [5.74, 6) is 0.771. The molecule has 2 nitrogen and oxygen atoms in total. The average molecular weight is 397 g/mol. The molecule has 0 aromatic rings. The van der Waals surface area contributed by atoms with E-state index in [-0.39, 0.29) is 5.97 Å². The monoisotopic (exact) mass is 396 g/mol. The maximum atomic E-state index is 12.0. The van der Waals surface area contributed by atoms with E-state index in [0.717, 1.165) is 18.8 Å². The van der Waals surface area contributed by atoms with Crippen molar-refractivity contribution in [3.63, 3.8) is 0 Å². The number of carbonyl (C=O) groups excluding carboxylic acids is 1. The Morgan fingerprint density at radius 2 is 1.25 bits per heavy atom.